The lowest BCUT2D eigenvalue weighted by Crippen LogP contribution is -2.42. The van der Waals surface area contributed by atoms with Crippen molar-refractivity contribution in [2.24, 2.45) is 11.6 Å². The highest BCUT2D eigenvalue weighted by molar-refractivity contribution is 6.31. The van der Waals surface area contributed by atoms with Crippen LogP contribution in [0.15, 0.2) is 18.2 Å². The number of primary amides is 1. The molecule has 0 aliphatic carbocycles. The summed E-state index contributed by atoms with van der Waals surface area (Å²) in [7, 11) is 0. The third kappa shape index (κ3) is 3.33. The van der Waals surface area contributed by atoms with Crippen LogP contribution in [0, 0.1) is 0 Å². The van der Waals surface area contributed by atoms with E-state index in [-0.39, 0.29) is 5.56 Å². The second-order valence-electron chi connectivity index (χ2n) is 3.43. The van der Waals surface area contributed by atoms with Crippen molar-refractivity contribution in [1.29, 1.82) is 0 Å². The Bertz CT molecular complexity index is 450. The maximum atomic E-state index is 11.8. The van der Waals surface area contributed by atoms with Gasteiger partial charge in [0.15, 0.2) is 0 Å². The second-order valence-corrected chi connectivity index (χ2v) is 3.87. The molecule has 1 atom stereocenters. The highest BCUT2D eigenvalue weighted by Crippen LogP contribution is 2.19. The van der Waals surface area contributed by atoms with Gasteiger partial charge in [-0.05, 0) is 25.1 Å². The summed E-state index contributed by atoms with van der Waals surface area (Å²) in [6.07, 6.45) is 0. The van der Waals surface area contributed by atoms with Crippen molar-refractivity contribution in [2.75, 3.05) is 5.43 Å². The minimum absolute atomic E-state index is 0.244. The van der Waals surface area contributed by atoms with Crippen molar-refractivity contribution < 1.29 is 9.59 Å². The molecule has 1 unspecified atom stereocenters. The Morgan fingerprint density at radius 1 is 1.41 bits per heavy atom. The van der Waals surface area contributed by atoms with Gasteiger partial charge < -0.3 is 16.5 Å². The van der Waals surface area contributed by atoms with E-state index >= 15 is 0 Å². The molecule has 6 N–H and O–H groups in total. The molecular weight excluding hydrogens is 244 g/mol. The maximum Gasteiger partial charge on any atom is 0.254 e. The van der Waals surface area contributed by atoms with Gasteiger partial charge in [-0.2, -0.15) is 0 Å². The topological polar surface area (TPSA) is 110 Å². The van der Waals surface area contributed by atoms with Crippen molar-refractivity contribution >= 4 is 29.1 Å². The predicted molar refractivity (Wildman–Crippen MR) is 65.4 cm³/mol. The van der Waals surface area contributed by atoms with E-state index in [1.54, 1.807) is 12.1 Å². The lowest BCUT2D eigenvalue weighted by Gasteiger charge is -2.13. The molecule has 92 valence electrons. The van der Waals surface area contributed by atoms with Crippen LogP contribution in [0.1, 0.15) is 17.3 Å². The van der Waals surface area contributed by atoms with Crippen LogP contribution in [0.5, 0.6) is 0 Å². The predicted octanol–water partition coefficient (Wildman–Crippen LogP) is 0.229. The molecule has 0 aliphatic rings. The first-order valence-corrected chi connectivity index (χ1v) is 5.20. The van der Waals surface area contributed by atoms with E-state index in [4.69, 9.17) is 23.2 Å². The molecule has 1 aromatic carbocycles. The summed E-state index contributed by atoms with van der Waals surface area (Å²) in [4.78, 5) is 22.6. The summed E-state index contributed by atoms with van der Waals surface area (Å²) in [5.41, 5.74) is 8.06. The molecule has 2 amide bonds. The molecule has 0 fully saturated rings. The third-order valence-electron chi connectivity index (χ3n) is 2.16. The number of amides is 2. The summed E-state index contributed by atoms with van der Waals surface area (Å²) in [6.45, 7) is 1.49. The van der Waals surface area contributed by atoms with Crippen LogP contribution in [-0.2, 0) is 4.79 Å². The Hall–Kier alpha value is -1.79. The fraction of sp³-hybridized carbons (Fsp3) is 0.200. The number of benzene rings is 1. The van der Waals surface area contributed by atoms with Gasteiger partial charge in [-0.3, -0.25) is 15.4 Å². The number of anilines is 1. The molecule has 0 radical (unpaired) electrons. The van der Waals surface area contributed by atoms with Crippen LogP contribution < -0.4 is 22.3 Å². The highest BCUT2D eigenvalue weighted by atomic mass is 35.5. The molecule has 0 heterocycles. The smallest absolute Gasteiger partial charge is 0.254 e. The monoisotopic (exact) mass is 256 g/mol. The van der Waals surface area contributed by atoms with E-state index in [0.29, 0.717) is 10.7 Å². The molecule has 0 saturated carbocycles. The lowest BCUT2D eigenvalue weighted by molar-refractivity contribution is -0.119. The molecule has 1 aromatic rings. The van der Waals surface area contributed by atoms with Gasteiger partial charge in [0.1, 0.15) is 6.04 Å². The minimum atomic E-state index is -0.771. The van der Waals surface area contributed by atoms with E-state index in [2.05, 4.69) is 10.7 Å². The van der Waals surface area contributed by atoms with Crippen LogP contribution in [-0.4, -0.2) is 17.9 Å². The summed E-state index contributed by atoms with van der Waals surface area (Å²) in [6, 6.07) is 3.82. The van der Waals surface area contributed by atoms with Crippen molar-refractivity contribution in [3.05, 3.63) is 28.8 Å². The zero-order valence-corrected chi connectivity index (χ0v) is 9.91. The summed E-state index contributed by atoms with van der Waals surface area (Å²) in [5.74, 6) is 4.16. The van der Waals surface area contributed by atoms with E-state index in [0.717, 1.165) is 0 Å². The normalized spacial score (nSPS) is 11.7. The average Bonchev–Trinajstić information content (AvgIpc) is 2.28. The van der Waals surface area contributed by atoms with Crippen molar-refractivity contribution in [3.8, 4) is 0 Å². The van der Waals surface area contributed by atoms with Crippen LogP contribution in [0.4, 0.5) is 5.69 Å². The van der Waals surface area contributed by atoms with Gasteiger partial charge in [0, 0.05) is 5.02 Å². The average molecular weight is 257 g/mol. The van der Waals surface area contributed by atoms with Crippen molar-refractivity contribution in [1.82, 2.24) is 5.32 Å². The lowest BCUT2D eigenvalue weighted by atomic mass is 10.1. The second kappa shape index (κ2) is 5.51. The van der Waals surface area contributed by atoms with Gasteiger partial charge >= 0.3 is 0 Å². The summed E-state index contributed by atoms with van der Waals surface area (Å²) < 4.78 is 0. The first-order chi connectivity index (χ1) is 7.95. The van der Waals surface area contributed by atoms with Crippen LogP contribution in [0.2, 0.25) is 5.02 Å². The van der Waals surface area contributed by atoms with Gasteiger partial charge in [-0.1, -0.05) is 11.6 Å². The Labute approximate surface area is 103 Å². The number of nitrogens with two attached hydrogens (primary N) is 2. The number of carbonyl (C=O) groups excluding carboxylic acids is 2. The molecule has 0 aliphatic heterocycles. The number of hydrogen-bond donors (Lipinski definition) is 4. The first kappa shape index (κ1) is 13.3. The molecular formula is C10H13ClN4O2. The molecule has 0 spiro atoms. The number of halogens is 1. The zero-order valence-electron chi connectivity index (χ0n) is 9.16. The fourth-order valence-corrected chi connectivity index (χ4v) is 1.35. The molecule has 6 nitrogen and oxygen atoms in total. The van der Waals surface area contributed by atoms with Gasteiger partial charge in [-0.25, -0.2) is 0 Å². The molecule has 17 heavy (non-hydrogen) atoms. The highest BCUT2D eigenvalue weighted by Gasteiger charge is 2.16. The van der Waals surface area contributed by atoms with Crippen LogP contribution >= 0.6 is 11.6 Å². The Morgan fingerprint density at radius 3 is 2.59 bits per heavy atom. The van der Waals surface area contributed by atoms with Gasteiger partial charge in [0.25, 0.3) is 5.91 Å². The van der Waals surface area contributed by atoms with Gasteiger partial charge in [-0.15, -0.1) is 0 Å². The first-order valence-electron chi connectivity index (χ1n) is 4.82. The largest absolute Gasteiger partial charge is 0.368 e. The van der Waals surface area contributed by atoms with Gasteiger partial charge in [0.2, 0.25) is 5.91 Å². The summed E-state index contributed by atoms with van der Waals surface area (Å²) in [5, 5.41) is 2.82. The molecule has 1 rings (SSSR count). The van der Waals surface area contributed by atoms with Crippen molar-refractivity contribution in [3.63, 3.8) is 0 Å². The standard InChI is InChI=1S/C10H13ClN4O2/c1-5(9(12)16)14-10(17)7-4-6(11)2-3-8(7)15-13/h2-5,15H,13H2,1H3,(H2,12,16)(H,14,17). The van der Waals surface area contributed by atoms with E-state index in [1.165, 1.54) is 13.0 Å². The van der Waals surface area contributed by atoms with Crippen LogP contribution in [0.3, 0.4) is 0 Å². The number of hydrazine groups is 1. The molecule has 7 heteroatoms. The minimum Gasteiger partial charge on any atom is -0.368 e. The quantitative estimate of drug-likeness (QED) is 0.456. The number of carbonyl (C=O) groups is 2. The molecule has 0 bridgehead atoms. The Morgan fingerprint density at radius 2 is 2.06 bits per heavy atom. The zero-order chi connectivity index (χ0) is 13.0. The molecule has 0 saturated heterocycles. The summed E-state index contributed by atoms with van der Waals surface area (Å²) >= 11 is 5.78. The van der Waals surface area contributed by atoms with E-state index in [1.807, 2.05) is 0 Å². The Kier molecular flexibility index (Phi) is 4.30. The number of rotatable bonds is 4. The molecule has 0 aromatic heterocycles. The van der Waals surface area contributed by atoms with Crippen LogP contribution in [0.25, 0.3) is 0 Å². The Balaban J connectivity index is 2.95. The SMILES string of the molecule is CC(NC(=O)c1cc(Cl)ccc1NN)C(N)=O. The third-order valence-corrected chi connectivity index (χ3v) is 2.39. The van der Waals surface area contributed by atoms with Crippen molar-refractivity contribution in [2.45, 2.75) is 13.0 Å². The number of hydrogen-bond acceptors (Lipinski definition) is 4. The maximum absolute atomic E-state index is 11.8. The van der Waals surface area contributed by atoms with E-state index in [9.17, 15) is 9.59 Å². The number of nitrogen functional groups attached to an aromatic ring is 1. The fourth-order valence-electron chi connectivity index (χ4n) is 1.18. The van der Waals surface area contributed by atoms with Gasteiger partial charge in [0.05, 0.1) is 11.3 Å². The number of nitrogens with one attached hydrogen (secondary N) is 2. The van der Waals surface area contributed by atoms with E-state index < -0.39 is 17.9 Å².